The predicted octanol–water partition coefficient (Wildman–Crippen LogP) is 3.27. The first-order valence-corrected chi connectivity index (χ1v) is 8.30. The molecule has 6 heteroatoms. The van der Waals surface area contributed by atoms with Crippen molar-refractivity contribution in [2.24, 2.45) is 4.99 Å². The third-order valence-corrected chi connectivity index (χ3v) is 4.90. The fourth-order valence-corrected chi connectivity index (χ4v) is 3.61. The Labute approximate surface area is 132 Å². The van der Waals surface area contributed by atoms with Crippen molar-refractivity contribution in [2.75, 3.05) is 38.5 Å². The van der Waals surface area contributed by atoms with Crippen molar-refractivity contribution < 1.29 is 4.39 Å². The fraction of sp³-hybridized carbons (Fsp3) is 0.312. The molecular weight excluding hydrogens is 299 g/mol. The zero-order valence-corrected chi connectivity index (χ0v) is 13.2. The largest absolute Gasteiger partial charge is 0.353 e. The van der Waals surface area contributed by atoms with E-state index in [1.54, 1.807) is 17.4 Å². The molecule has 1 aromatic carbocycles. The molecule has 4 rings (SSSR count). The van der Waals surface area contributed by atoms with Crippen LogP contribution < -0.4 is 5.32 Å². The topological polar surface area (TPSA) is 30.9 Å². The quantitative estimate of drug-likeness (QED) is 0.809. The van der Waals surface area contributed by atoms with E-state index >= 15 is 0 Å². The standard InChI is InChI=1S/C16H17FN4S/c1-20-4-6-21(7-5-20)16-12-9-22-10-15(12)18-14-8-11(17)2-3-13(14)19-16/h2-3,8-10,18H,4-7H2,1H3. The van der Waals surface area contributed by atoms with Crippen molar-refractivity contribution in [2.45, 2.75) is 0 Å². The van der Waals surface area contributed by atoms with Gasteiger partial charge in [-0.2, -0.15) is 0 Å². The number of rotatable bonds is 0. The van der Waals surface area contributed by atoms with E-state index in [0.29, 0.717) is 0 Å². The van der Waals surface area contributed by atoms with Crippen LogP contribution in [0.25, 0.3) is 0 Å². The van der Waals surface area contributed by atoms with Crippen LogP contribution in [0.2, 0.25) is 0 Å². The van der Waals surface area contributed by atoms with Crippen molar-refractivity contribution in [3.8, 4) is 0 Å². The van der Waals surface area contributed by atoms with E-state index in [2.05, 4.69) is 32.9 Å². The highest BCUT2D eigenvalue weighted by Gasteiger charge is 2.24. The number of piperazine rings is 1. The van der Waals surface area contributed by atoms with Crippen LogP contribution in [0.5, 0.6) is 0 Å². The van der Waals surface area contributed by atoms with Crippen molar-refractivity contribution in [3.05, 3.63) is 40.3 Å². The van der Waals surface area contributed by atoms with Crippen LogP contribution in [0.3, 0.4) is 0 Å². The lowest BCUT2D eigenvalue weighted by molar-refractivity contribution is 0.216. The van der Waals surface area contributed by atoms with E-state index in [4.69, 9.17) is 4.99 Å². The highest BCUT2D eigenvalue weighted by Crippen LogP contribution is 2.36. The molecule has 0 spiro atoms. The number of fused-ring (bicyclic) bond motifs is 2. The molecule has 22 heavy (non-hydrogen) atoms. The summed E-state index contributed by atoms with van der Waals surface area (Å²) in [7, 11) is 2.14. The van der Waals surface area contributed by atoms with Crippen molar-refractivity contribution in [1.82, 2.24) is 9.80 Å². The van der Waals surface area contributed by atoms with E-state index < -0.39 is 0 Å². The molecule has 0 aliphatic carbocycles. The van der Waals surface area contributed by atoms with Gasteiger partial charge in [0.25, 0.3) is 0 Å². The third kappa shape index (κ3) is 2.38. The fourth-order valence-electron chi connectivity index (χ4n) is 2.85. The number of amidine groups is 1. The van der Waals surface area contributed by atoms with Crippen LogP contribution in [0, 0.1) is 5.82 Å². The second-order valence-electron chi connectivity index (χ2n) is 5.71. The summed E-state index contributed by atoms with van der Waals surface area (Å²) in [6.45, 7) is 3.98. The van der Waals surface area contributed by atoms with Gasteiger partial charge in [0, 0.05) is 36.9 Å². The number of benzene rings is 1. The molecule has 1 aromatic heterocycles. The minimum absolute atomic E-state index is 0.249. The number of nitrogens with one attached hydrogen (secondary N) is 1. The minimum atomic E-state index is -0.249. The Morgan fingerprint density at radius 2 is 1.95 bits per heavy atom. The zero-order valence-electron chi connectivity index (χ0n) is 12.3. The van der Waals surface area contributed by atoms with E-state index in [0.717, 1.165) is 54.6 Å². The highest BCUT2D eigenvalue weighted by atomic mass is 32.1. The Morgan fingerprint density at radius 1 is 1.14 bits per heavy atom. The molecule has 2 aliphatic rings. The second kappa shape index (κ2) is 5.37. The maximum atomic E-state index is 13.5. The molecule has 114 valence electrons. The molecule has 0 unspecified atom stereocenters. The summed E-state index contributed by atoms with van der Waals surface area (Å²) >= 11 is 1.64. The van der Waals surface area contributed by atoms with Gasteiger partial charge in [-0.25, -0.2) is 9.38 Å². The van der Waals surface area contributed by atoms with Gasteiger partial charge in [-0.15, -0.1) is 11.3 Å². The molecule has 3 heterocycles. The number of anilines is 2. The molecule has 2 aliphatic heterocycles. The number of thiophene rings is 1. The van der Waals surface area contributed by atoms with Crippen LogP contribution in [0.1, 0.15) is 5.56 Å². The summed E-state index contributed by atoms with van der Waals surface area (Å²) < 4.78 is 13.5. The maximum Gasteiger partial charge on any atom is 0.139 e. The monoisotopic (exact) mass is 316 g/mol. The summed E-state index contributed by atoms with van der Waals surface area (Å²) in [6, 6.07) is 4.71. The van der Waals surface area contributed by atoms with Crippen LogP contribution in [-0.4, -0.2) is 48.9 Å². The maximum absolute atomic E-state index is 13.5. The van der Waals surface area contributed by atoms with E-state index in [-0.39, 0.29) is 5.82 Å². The number of halogens is 1. The van der Waals surface area contributed by atoms with Gasteiger partial charge in [-0.1, -0.05) is 0 Å². The van der Waals surface area contributed by atoms with Crippen molar-refractivity contribution in [3.63, 3.8) is 0 Å². The second-order valence-corrected chi connectivity index (χ2v) is 6.45. The van der Waals surface area contributed by atoms with Crippen molar-refractivity contribution >= 4 is 34.2 Å². The average molecular weight is 316 g/mol. The van der Waals surface area contributed by atoms with Crippen LogP contribution in [0.4, 0.5) is 21.5 Å². The molecule has 2 aromatic rings. The lowest BCUT2D eigenvalue weighted by Gasteiger charge is -2.34. The van der Waals surface area contributed by atoms with E-state index in [1.807, 2.05) is 0 Å². The summed E-state index contributed by atoms with van der Waals surface area (Å²) in [4.78, 5) is 9.49. The molecule has 0 bridgehead atoms. The van der Waals surface area contributed by atoms with Gasteiger partial charge in [0.05, 0.1) is 22.6 Å². The Bertz CT molecular complexity index is 731. The van der Waals surface area contributed by atoms with Gasteiger partial charge < -0.3 is 15.1 Å². The number of hydrogen-bond donors (Lipinski definition) is 1. The van der Waals surface area contributed by atoms with Crippen LogP contribution in [-0.2, 0) is 0 Å². The Hall–Kier alpha value is -1.92. The van der Waals surface area contributed by atoms with Gasteiger partial charge in [-0.3, -0.25) is 0 Å². The number of aliphatic imine (C=N–C) groups is 1. The summed E-state index contributed by atoms with van der Waals surface area (Å²) in [5.74, 6) is 0.739. The average Bonchev–Trinajstić information content (AvgIpc) is 2.90. The lowest BCUT2D eigenvalue weighted by atomic mass is 10.2. The third-order valence-electron chi connectivity index (χ3n) is 4.16. The van der Waals surface area contributed by atoms with Gasteiger partial charge in [0.2, 0.25) is 0 Å². The Morgan fingerprint density at radius 3 is 2.77 bits per heavy atom. The summed E-state index contributed by atoms with van der Waals surface area (Å²) in [5, 5.41) is 7.49. The molecule has 1 saturated heterocycles. The molecule has 0 amide bonds. The van der Waals surface area contributed by atoms with Crippen LogP contribution >= 0.6 is 11.3 Å². The first kappa shape index (κ1) is 13.7. The molecule has 4 nitrogen and oxygen atoms in total. The van der Waals surface area contributed by atoms with Crippen molar-refractivity contribution in [1.29, 1.82) is 0 Å². The Kier molecular flexibility index (Phi) is 3.35. The van der Waals surface area contributed by atoms with E-state index in [9.17, 15) is 4.39 Å². The molecule has 1 N–H and O–H groups in total. The number of hydrogen-bond acceptors (Lipinski definition) is 5. The summed E-state index contributed by atoms with van der Waals surface area (Å²) in [6.07, 6.45) is 0. The SMILES string of the molecule is CN1CCN(C2=Nc3ccc(F)cc3Nc3cscc32)CC1. The van der Waals surface area contributed by atoms with Gasteiger partial charge in [0.1, 0.15) is 11.7 Å². The minimum Gasteiger partial charge on any atom is -0.353 e. The molecule has 0 saturated carbocycles. The first-order valence-electron chi connectivity index (χ1n) is 7.36. The first-order chi connectivity index (χ1) is 10.7. The van der Waals surface area contributed by atoms with E-state index in [1.165, 1.54) is 12.1 Å². The smallest absolute Gasteiger partial charge is 0.139 e. The highest BCUT2D eigenvalue weighted by molar-refractivity contribution is 7.08. The van der Waals surface area contributed by atoms with Crippen LogP contribution in [0.15, 0.2) is 34.0 Å². The Balaban J connectivity index is 1.79. The molecule has 0 atom stereocenters. The molecule has 0 radical (unpaired) electrons. The normalized spacial score (nSPS) is 18.1. The molecular formula is C16H17FN4S. The number of likely N-dealkylation sites (N-methyl/N-ethyl adjacent to an activating group) is 1. The molecule has 1 fully saturated rings. The number of nitrogens with zero attached hydrogens (tertiary/aromatic N) is 3. The summed E-state index contributed by atoms with van der Waals surface area (Å²) in [5.41, 5.74) is 3.62. The lowest BCUT2D eigenvalue weighted by Crippen LogP contribution is -2.47. The zero-order chi connectivity index (χ0) is 15.1. The van der Waals surface area contributed by atoms with Gasteiger partial charge >= 0.3 is 0 Å². The van der Waals surface area contributed by atoms with Gasteiger partial charge in [-0.05, 0) is 25.2 Å². The van der Waals surface area contributed by atoms with Gasteiger partial charge in [0.15, 0.2) is 0 Å². The predicted molar refractivity (Wildman–Crippen MR) is 89.3 cm³/mol.